The minimum atomic E-state index is -2.94. The topological polar surface area (TPSA) is 193 Å². The second kappa shape index (κ2) is 16.8. The first-order chi connectivity index (χ1) is 30.3. The molecule has 4 amide bonds. The summed E-state index contributed by atoms with van der Waals surface area (Å²) in [4.78, 5) is 72.1. The molecule has 0 radical (unpaired) electrons. The van der Waals surface area contributed by atoms with Gasteiger partial charge in [0.1, 0.15) is 36.1 Å². The molecule has 9 rings (SSSR count). The fourth-order valence-corrected chi connectivity index (χ4v) is 9.99. The molecule has 16 nitrogen and oxygen atoms in total. The van der Waals surface area contributed by atoms with Crippen LogP contribution in [0.3, 0.4) is 0 Å². The molecule has 5 aromatic rings. The van der Waals surface area contributed by atoms with E-state index in [4.69, 9.17) is 24.2 Å². The quantitative estimate of drug-likeness (QED) is 0.114. The van der Waals surface area contributed by atoms with Gasteiger partial charge in [-0.15, -0.1) is 0 Å². The number of imidazole rings is 2. The van der Waals surface area contributed by atoms with Crippen molar-refractivity contribution in [2.75, 3.05) is 27.4 Å². The highest BCUT2D eigenvalue weighted by molar-refractivity contribution is 6.07. The molecule has 0 saturated carbocycles. The van der Waals surface area contributed by atoms with Crippen LogP contribution < -0.4 is 15.4 Å². The Kier molecular flexibility index (Phi) is 11.2. The van der Waals surface area contributed by atoms with Crippen LogP contribution in [0.25, 0.3) is 44.2 Å². The van der Waals surface area contributed by atoms with Gasteiger partial charge in [0.05, 0.1) is 55.8 Å². The van der Waals surface area contributed by atoms with E-state index in [1.807, 2.05) is 36.1 Å². The largest absolute Gasteiger partial charge is 0.488 e. The van der Waals surface area contributed by atoms with Crippen molar-refractivity contribution in [3.05, 3.63) is 65.9 Å². The third kappa shape index (κ3) is 7.78. The van der Waals surface area contributed by atoms with Crippen LogP contribution in [0.2, 0.25) is 0 Å². The number of likely N-dealkylation sites (tertiary alicyclic amines) is 1. The molecule has 63 heavy (non-hydrogen) atoms. The van der Waals surface area contributed by atoms with E-state index >= 15 is 0 Å². The van der Waals surface area contributed by atoms with Crippen molar-refractivity contribution < 1.29 is 46.9 Å². The number of fused-ring (bicyclic) bond motifs is 7. The number of amides is 4. The Balaban J connectivity index is 0.973. The van der Waals surface area contributed by atoms with Gasteiger partial charge >= 0.3 is 18.8 Å². The predicted molar refractivity (Wildman–Crippen MR) is 225 cm³/mol. The smallest absolute Gasteiger partial charge is 0.407 e. The van der Waals surface area contributed by atoms with Gasteiger partial charge in [0, 0.05) is 29.5 Å². The van der Waals surface area contributed by atoms with Crippen LogP contribution in [0.15, 0.2) is 48.7 Å². The summed E-state index contributed by atoms with van der Waals surface area (Å²) in [5, 5.41) is 7.11. The SMILES string of the molecule is COC(=O)N[C@H](C(=O)N1C[C@@H](COC(F)F)CC1c1nc2c(ccc3cc4c(cc32)OCc2cc(-c3cnc([C@@H]5CC[C@@H]6CC(C)[C@H](NC(=O)OC)C(=O)N65)[nH]3)ccc2-4)[nH]1)C(C)C. The number of halogens is 2. The Morgan fingerprint density at radius 2 is 1.78 bits per heavy atom. The van der Waals surface area contributed by atoms with E-state index in [0.717, 1.165) is 63.5 Å². The number of hydrogen-bond acceptors (Lipinski definition) is 10. The first kappa shape index (κ1) is 42.0. The molecule has 4 aliphatic heterocycles. The highest BCUT2D eigenvalue weighted by Gasteiger charge is 2.48. The molecule has 18 heteroatoms. The lowest BCUT2D eigenvalue weighted by Crippen LogP contribution is -2.58. The fraction of sp³-hybridized carbons (Fsp3) is 0.467. The zero-order chi connectivity index (χ0) is 44.3. The summed E-state index contributed by atoms with van der Waals surface area (Å²) in [7, 11) is 2.51. The second-order valence-electron chi connectivity index (χ2n) is 17.4. The molecule has 3 fully saturated rings. The van der Waals surface area contributed by atoms with Gasteiger partial charge in [0.25, 0.3) is 0 Å². The van der Waals surface area contributed by atoms with Crippen molar-refractivity contribution in [1.29, 1.82) is 0 Å². The van der Waals surface area contributed by atoms with Crippen molar-refractivity contribution in [1.82, 2.24) is 40.4 Å². The Morgan fingerprint density at radius 1 is 0.968 bits per heavy atom. The molecular weight excluding hydrogens is 819 g/mol. The Bertz CT molecular complexity index is 2600. The first-order valence-corrected chi connectivity index (χ1v) is 21.3. The van der Waals surface area contributed by atoms with Crippen molar-refractivity contribution in [3.8, 4) is 28.1 Å². The van der Waals surface area contributed by atoms with Crippen molar-refractivity contribution in [2.24, 2.45) is 17.8 Å². The number of nitrogens with one attached hydrogen (secondary N) is 4. The third-order valence-corrected chi connectivity index (χ3v) is 13.1. The van der Waals surface area contributed by atoms with Gasteiger partial charge in [-0.25, -0.2) is 19.6 Å². The summed E-state index contributed by atoms with van der Waals surface area (Å²) >= 11 is 0. The summed E-state index contributed by atoms with van der Waals surface area (Å²) in [6.45, 7) is 2.86. The summed E-state index contributed by atoms with van der Waals surface area (Å²) in [5.74, 6) is 0.697. The lowest BCUT2D eigenvalue weighted by atomic mass is 9.88. The van der Waals surface area contributed by atoms with Gasteiger partial charge in [0.15, 0.2) is 0 Å². The second-order valence-corrected chi connectivity index (χ2v) is 17.4. The van der Waals surface area contributed by atoms with E-state index in [9.17, 15) is 28.0 Å². The molecule has 6 heterocycles. The zero-order valence-corrected chi connectivity index (χ0v) is 35.6. The number of methoxy groups -OCH3 is 2. The third-order valence-electron chi connectivity index (χ3n) is 13.1. The summed E-state index contributed by atoms with van der Waals surface area (Å²) in [6, 6.07) is 11.9. The molecular formula is C45H50F2N8O8. The number of carbonyl (C=O) groups excluding carboxylic acids is 4. The highest BCUT2D eigenvalue weighted by Crippen LogP contribution is 2.45. The highest BCUT2D eigenvalue weighted by atomic mass is 19.3. The minimum Gasteiger partial charge on any atom is -0.488 e. The lowest BCUT2D eigenvalue weighted by molar-refractivity contribution is -0.142. The van der Waals surface area contributed by atoms with Gasteiger partial charge in [-0.2, -0.15) is 8.78 Å². The van der Waals surface area contributed by atoms with E-state index < -0.39 is 42.8 Å². The Hall–Kier alpha value is -6.30. The first-order valence-electron chi connectivity index (χ1n) is 21.3. The van der Waals surface area contributed by atoms with E-state index in [1.165, 1.54) is 14.2 Å². The van der Waals surface area contributed by atoms with Crippen LogP contribution in [0.1, 0.15) is 75.8 Å². The van der Waals surface area contributed by atoms with E-state index in [2.05, 4.69) is 43.5 Å². The standard InChI is InChI=1S/C45H50F2N8O8/c1-21(2)36(52-44(58)60-4)41(56)54-18-23(19-63-43(46)47)13-34(54)40-49-31-10-7-24-15-30-28-9-6-25(14-26(28)20-62-35(30)16-29(24)38(31)51-40)32-17-48-39(50-32)33-11-8-27-12-22(3)37(42(57)55(27)33)53-45(59)61-5/h6-7,9-10,14-17,21-23,27,33-34,36-37,43H,8,11-13,18-20H2,1-5H3,(H,48,50)(H,49,51)(H,52,58)(H,53,59)/t22?,23-,27+,33-,34?,36-,37-/m0/s1. The average Bonchev–Trinajstić information content (AvgIpc) is 4.10. The maximum atomic E-state index is 14.0. The van der Waals surface area contributed by atoms with Crippen LogP contribution in [-0.2, 0) is 30.4 Å². The normalized spacial score (nSPS) is 23.4. The predicted octanol–water partition coefficient (Wildman–Crippen LogP) is 6.97. The molecule has 2 unspecified atom stereocenters. The number of nitrogens with zero attached hydrogens (tertiary/aromatic N) is 4. The lowest BCUT2D eigenvalue weighted by Gasteiger charge is -2.41. The van der Waals surface area contributed by atoms with Gasteiger partial charge in [0.2, 0.25) is 11.8 Å². The molecule has 3 aromatic carbocycles. The Labute approximate surface area is 361 Å². The number of benzene rings is 3. The molecule has 332 valence electrons. The van der Waals surface area contributed by atoms with Crippen molar-refractivity contribution in [3.63, 3.8) is 0 Å². The number of aromatic amines is 2. The van der Waals surface area contributed by atoms with Crippen LogP contribution in [0.5, 0.6) is 5.75 Å². The number of rotatable bonds is 10. The van der Waals surface area contributed by atoms with Crippen LogP contribution in [0.4, 0.5) is 18.4 Å². The number of carbonyl (C=O) groups is 4. The number of alkyl carbamates (subject to hydrolysis) is 2. The van der Waals surface area contributed by atoms with E-state index in [0.29, 0.717) is 35.9 Å². The maximum Gasteiger partial charge on any atom is 0.407 e. The molecule has 0 aliphatic carbocycles. The van der Waals surface area contributed by atoms with E-state index in [-0.39, 0.29) is 48.9 Å². The van der Waals surface area contributed by atoms with Crippen LogP contribution in [0, 0.1) is 17.8 Å². The fourth-order valence-electron chi connectivity index (χ4n) is 9.99. The van der Waals surface area contributed by atoms with Crippen molar-refractivity contribution in [2.45, 2.75) is 89.9 Å². The number of H-pyrrole nitrogens is 2. The Morgan fingerprint density at radius 3 is 2.54 bits per heavy atom. The number of piperidine rings is 1. The minimum absolute atomic E-state index is 0.0158. The van der Waals surface area contributed by atoms with Gasteiger partial charge < -0.3 is 49.3 Å². The summed E-state index contributed by atoms with van der Waals surface area (Å²) in [6.07, 6.45) is 3.15. The maximum absolute atomic E-state index is 14.0. The van der Waals surface area contributed by atoms with Crippen LogP contribution in [-0.4, -0.2) is 106 Å². The summed E-state index contributed by atoms with van der Waals surface area (Å²) in [5.41, 5.74) is 6.08. The van der Waals surface area contributed by atoms with Gasteiger partial charge in [-0.05, 0) is 83.9 Å². The van der Waals surface area contributed by atoms with E-state index in [1.54, 1.807) is 24.9 Å². The summed E-state index contributed by atoms with van der Waals surface area (Å²) < 4.78 is 46.8. The van der Waals surface area contributed by atoms with Crippen molar-refractivity contribution >= 4 is 45.8 Å². The number of hydrogen-bond donors (Lipinski definition) is 4. The molecule has 7 atom stereocenters. The molecule has 3 saturated heterocycles. The number of ether oxygens (including phenoxy) is 4. The van der Waals surface area contributed by atoms with Crippen LogP contribution >= 0.6 is 0 Å². The molecule has 4 N–H and O–H groups in total. The molecule has 2 aromatic heterocycles. The zero-order valence-electron chi connectivity index (χ0n) is 35.6. The molecule has 0 spiro atoms. The van der Waals surface area contributed by atoms with Gasteiger partial charge in [-0.1, -0.05) is 39.0 Å². The number of alkyl halides is 2. The number of aromatic nitrogens is 4. The molecule has 0 bridgehead atoms. The molecule has 4 aliphatic rings. The van der Waals surface area contributed by atoms with Gasteiger partial charge in [-0.3, -0.25) is 9.59 Å². The average molecular weight is 869 g/mol. The monoisotopic (exact) mass is 868 g/mol.